The molecule has 0 spiro atoms. The number of likely N-dealkylation sites (tertiary alicyclic amines) is 1. The fourth-order valence-electron chi connectivity index (χ4n) is 4.95. The molecule has 0 saturated carbocycles. The van der Waals surface area contributed by atoms with Crippen LogP contribution in [-0.2, 0) is 19.4 Å². The van der Waals surface area contributed by atoms with E-state index in [1.54, 1.807) is 0 Å². The van der Waals surface area contributed by atoms with Crippen molar-refractivity contribution < 1.29 is 4.79 Å². The first-order valence-electron chi connectivity index (χ1n) is 11.0. The van der Waals surface area contributed by atoms with Crippen molar-refractivity contribution in [2.45, 2.75) is 45.6 Å². The molecule has 1 atom stereocenters. The van der Waals surface area contributed by atoms with E-state index in [9.17, 15) is 4.79 Å². The molecule has 1 aromatic heterocycles. The molecule has 0 unspecified atom stereocenters. The highest BCUT2D eigenvalue weighted by atomic mass is 16.2. The lowest BCUT2D eigenvalue weighted by Crippen LogP contribution is -2.38. The second kappa shape index (κ2) is 7.66. The molecule has 3 aromatic rings. The summed E-state index contributed by atoms with van der Waals surface area (Å²) in [6.45, 7) is 5.03. The van der Waals surface area contributed by atoms with Crippen LogP contribution < -0.4 is 0 Å². The number of hydrogen-bond acceptors (Lipinski definition) is 2. The molecule has 5 rings (SSSR count). The molecule has 0 aliphatic carbocycles. The zero-order valence-corrected chi connectivity index (χ0v) is 17.2. The lowest BCUT2D eigenvalue weighted by Gasteiger charge is -2.32. The van der Waals surface area contributed by atoms with Crippen LogP contribution in [0.4, 0.5) is 0 Å². The van der Waals surface area contributed by atoms with Crippen LogP contribution in [0.3, 0.4) is 0 Å². The van der Waals surface area contributed by atoms with Gasteiger partial charge in [0.1, 0.15) is 5.82 Å². The number of imidazole rings is 1. The number of piperidine rings is 1. The molecule has 0 radical (unpaired) electrons. The third-order valence-corrected chi connectivity index (χ3v) is 6.72. The van der Waals surface area contributed by atoms with E-state index in [0.29, 0.717) is 11.8 Å². The molecular weight excluding hydrogens is 358 g/mol. The number of nitrogens with zero attached hydrogens (tertiary/aromatic N) is 3. The number of carbonyl (C=O) groups is 1. The number of aryl methyl sites for hydroxylation is 1. The van der Waals surface area contributed by atoms with E-state index < -0.39 is 0 Å². The smallest absolute Gasteiger partial charge is 0.253 e. The second-order valence-electron chi connectivity index (χ2n) is 8.91. The van der Waals surface area contributed by atoms with Crippen LogP contribution >= 0.6 is 0 Å². The Bertz CT molecular complexity index is 1020. The molecule has 150 valence electrons. The van der Waals surface area contributed by atoms with Crippen LogP contribution in [0, 0.1) is 11.8 Å². The normalized spacial score (nSPS) is 20.0. The Morgan fingerprint density at radius 1 is 1.03 bits per heavy atom. The van der Waals surface area contributed by atoms with Gasteiger partial charge in [-0.25, -0.2) is 4.98 Å². The summed E-state index contributed by atoms with van der Waals surface area (Å²) in [6, 6.07) is 16.8. The molecule has 2 aromatic carbocycles. The van der Waals surface area contributed by atoms with Crippen LogP contribution in [0.2, 0.25) is 0 Å². The molecule has 29 heavy (non-hydrogen) atoms. The molecule has 1 amide bonds. The SMILES string of the molecule is C[C@H]1CCn2c(nc3cc(C(=O)N4CCC(Cc5ccccc5)CC4)ccc32)C1. The van der Waals surface area contributed by atoms with Gasteiger partial charge in [-0.2, -0.15) is 0 Å². The molecule has 4 nitrogen and oxygen atoms in total. The first kappa shape index (κ1) is 18.4. The van der Waals surface area contributed by atoms with Gasteiger partial charge in [0.15, 0.2) is 0 Å². The number of carbonyl (C=O) groups excluding carboxylic acids is 1. The Morgan fingerprint density at radius 3 is 2.62 bits per heavy atom. The Kier molecular flexibility index (Phi) is 4.86. The van der Waals surface area contributed by atoms with Crippen molar-refractivity contribution in [2.75, 3.05) is 13.1 Å². The third kappa shape index (κ3) is 3.68. The predicted molar refractivity (Wildman–Crippen MR) is 116 cm³/mol. The summed E-state index contributed by atoms with van der Waals surface area (Å²) in [4.78, 5) is 20.0. The van der Waals surface area contributed by atoms with E-state index in [2.05, 4.69) is 47.9 Å². The number of rotatable bonds is 3. The molecular formula is C25H29N3O. The monoisotopic (exact) mass is 387 g/mol. The van der Waals surface area contributed by atoms with Crippen molar-refractivity contribution >= 4 is 16.9 Å². The highest BCUT2D eigenvalue weighted by Gasteiger charge is 2.25. The van der Waals surface area contributed by atoms with Crippen molar-refractivity contribution in [3.05, 3.63) is 65.5 Å². The average molecular weight is 388 g/mol. The van der Waals surface area contributed by atoms with Crippen LogP contribution in [0.15, 0.2) is 48.5 Å². The van der Waals surface area contributed by atoms with E-state index >= 15 is 0 Å². The van der Waals surface area contributed by atoms with Gasteiger partial charge in [-0.3, -0.25) is 4.79 Å². The van der Waals surface area contributed by atoms with Gasteiger partial charge in [-0.15, -0.1) is 0 Å². The van der Waals surface area contributed by atoms with E-state index in [-0.39, 0.29) is 5.91 Å². The van der Waals surface area contributed by atoms with Gasteiger partial charge in [-0.1, -0.05) is 37.3 Å². The van der Waals surface area contributed by atoms with Gasteiger partial charge in [-0.05, 0) is 61.3 Å². The van der Waals surface area contributed by atoms with E-state index in [1.807, 2.05) is 17.0 Å². The fraction of sp³-hybridized carbons (Fsp3) is 0.440. The van der Waals surface area contributed by atoms with Crippen molar-refractivity contribution in [1.82, 2.24) is 14.5 Å². The highest BCUT2D eigenvalue weighted by Crippen LogP contribution is 2.27. The predicted octanol–water partition coefficient (Wildman–Crippen LogP) is 4.71. The number of hydrogen-bond donors (Lipinski definition) is 0. The second-order valence-corrected chi connectivity index (χ2v) is 8.91. The van der Waals surface area contributed by atoms with Crippen LogP contribution in [0.25, 0.3) is 11.0 Å². The molecule has 2 aliphatic heterocycles. The summed E-state index contributed by atoms with van der Waals surface area (Å²) in [5.41, 5.74) is 4.33. The topological polar surface area (TPSA) is 38.1 Å². The zero-order chi connectivity index (χ0) is 19.8. The number of amides is 1. The van der Waals surface area contributed by atoms with Gasteiger partial charge in [0.25, 0.3) is 5.91 Å². The van der Waals surface area contributed by atoms with Gasteiger partial charge >= 0.3 is 0 Å². The Morgan fingerprint density at radius 2 is 1.83 bits per heavy atom. The summed E-state index contributed by atoms with van der Waals surface area (Å²) >= 11 is 0. The first-order chi connectivity index (χ1) is 14.2. The largest absolute Gasteiger partial charge is 0.339 e. The van der Waals surface area contributed by atoms with Gasteiger partial charge < -0.3 is 9.47 Å². The minimum atomic E-state index is 0.157. The summed E-state index contributed by atoms with van der Waals surface area (Å²) in [5, 5.41) is 0. The van der Waals surface area contributed by atoms with Crippen LogP contribution in [0.5, 0.6) is 0 Å². The quantitative estimate of drug-likeness (QED) is 0.653. The van der Waals surface area contributed by atoms with Gasteiger partial charge in [0.05, 0.1) is 11.0 Å². The van der Waals surface area contributed by atoms with Gasteiger partial charge in [0.2, 0.25) is 0 Å². The Hall–Kier alpha value is -2.62. The Labute approximate surface area is 172 Å². The minimum absolute atomic E-state index is 0.157. The zero-order valence-electron chi connectivity index (χ0n) is 17.2. The summed E-state index contributed by atoms with van der Waals surface area (Å²) in [6.07, 6.45) is 5.52. The number of aromatic nitrogens is 2. The summed E-state index contributed by atoms with van der Waals surface area (Å²) < 4.78 is 2.33. The number of benzene rings is 2. The molecule has 4 heteroatoms. The van der Waals surface area contributed by atoms with Crippen molar-refractivity contribution in [3.8, 4) is 0 Å². The fourth-order valence-corrected chi connectivity index (χ4v) is 4.95. The standard InChI is InChI=1S/C25H29N3O/c1-18-9-14-28-23-8-7-21(17-22(23)26-24(28)15-18)25(29)27-12-10-20(11-13-27)16-19-5-3-2-4-6-19/h2-8,17-18,20H,9-16H2,1H3/t18-/m0/s1. The van der Waals surface area contributed by atoms with Crippen molar-refractivity contribution in [2.24, 2.45) is 11.8 Å². The lowest BCUT2D eigenvalue weighted by molar-refractivity contribution is 0.0690. The molecule has 1 fully saturated rings. The summed E-state index contributed by atoms with van der Waals surface area (Å²) in [7, 11) is 0. The molecule has 1 saturated heterocycles. The first-order valence-corrected chi connectivity index (χ1v) is 11.0. The van der Waals surface area contributed by atoms with E-state index in [1.165, 1.54) is 23.3 Å². The molecule has 2 aliphatic rings. The van der Waals surface area contributed by atoms with Crippen molar-refractivity contribution in [1.29, 1.82) is 0 Å². The molecule has 0 bridgehead atoms. The Balaban J connectivity index is 1.27. The maximum Gasteiger partial charge on any atom is 0.253 e. The molecule has 3 heterocycles. The maximum atomic E-state index is 13.1. The van der Waals surface area contributed by atoms with E-state index in [4.69, 9.17) is 4.98 Å². The maximum absolute atomic E-state index is 13.1. The number of fused-ring (bicyclic) bond motifs is 3. The lowest BCUT2D eigenvalue weighted by atomic mass is 9.90. The average Bonchev–Trinajstić information content (AvgIpc) is 3.11. The van der Waals surface area contributed by atoms with Gasteiger partial charge in [0, 0.05) is 31.6 Å². The highest BCUT2D eigenvalue weighted by molar-refractivity contribution is 5.97. The minimum Gasteiger partial charge on any atom is -0.339 e. The molecule has 0 N–H and O–H groups in total. The van der Waals surface area contributed by atoms with Crippen LogP contribution in [0.1, 0.15) is 47.9 Å². The van der Waals surface area contributed by atoms with E-state index in [0.717, 1.165) is 56.4 Å². The van der Waals surface area contributed by atoms with Crippen LogP contribution in [-0.4, -0.2) is 33.4 Å². The van der Waals surface area contributed by atoms with Crippen molar-refractivity contribution in [3.63, 3.8) is 0 Å². The third-order valence-electron chi connectivity index (χ3n) is 6.72. The summed E-state index contributed by atoms with van der Waals surface area (Å²) in [5.74, 6) is 2.69.